The predicted molar refractivity (Wildman–Crippen MR) is 129 cm³/mol. The van der Waals surface area contributed by atoms with Gasteiger partial charge in [-0.05, 0) is 37.3 Å². The average Bonchev–Trinajstić information content (AvgIpc) is 3.14. The van der Waals surface area contributed by atoms with E-state index in [-0.39, 0.29) is 23.3 Å². The molecule has 0 fully saturated rings. The van der Waals surface area contributed by atoms with Crippen molar-refractivity contribution in [2.45, 2.75) is 65.2 Å². The SMILES string of the molecule is CCC1(C)[n+]2ccncc2N2B(N(c3cnccn3)c3ccccc32)C1(CC)C(C)(C)C. The van der Waals surface area contributed by atoms with Crippen molar-refractivity contribution in [2.24, 2.45) is 5.41 Å². The maximum atomic E-state index is 4.78. The fraction of sp³-hybridized carbons (Fsp3) is 0.440. The maximum Gasteiger partial charge on any atom is 0.519 e. The zero-order valence-electron chi connectivity index (χ0n) is 19.9. The van der Waals surface area contributed by atoms with Crippen molar-refractivity contribution in [2.75, 3.05) is 9.62 Å². The molecule has 0 amide bonds. The Bertz CT molecular complexity index is 1150. The molecule has 0 spiro atoms. The number of para-hydroxylation sites is 2. The maximum absolute atomic E-state index is 4.78. The lowest BCUT2D eigenvalue weighted by molar-refractivity contribution is -0.761. The first-order chi connectivity index (χ1) is 15.3. The summed E-state index contributed by atoms with van der Waals surface area (Å²) in [5, 5.41) is -0.121. The van der Waals surface area contributed by atoms with E-state index in [2.05, 4.69) is 96.2 Å². The Morgan fingerprint density at radius 3 is 2.22 bits per heavy atom. The number of aromatic nitrogens is 4. The van der Waals surface area contributed by atoms with E-state index in [0.717, 1.165) is 30.2 Å². The molecule has 0 saturated carbocycles. The molecule has 0 N–H and O–H groups in total. The molecular weight excluding hydrogens is 395 g/mol. The highest BCUT2D eigenvalue weighted by molar-refractivity contribution is 6.76. The van der Waals surface area contributed by atoms with Gasteiger partial charge in [-0.1, -0.05) is 46.8 Å². The molecule has 2 aliphatic heterocycles. The normalized spacial score (nSPS) is 24.2. The van der Waals surface area contributed by atoms with Crippen LogP contribution in [0.5, 0.6) is 0 Å². The van der Waals surface area contributed by atoms with Gasteiger partial charge in [0.2, 0.25) is 0 Å². The lowest BCUT2D eigenvalue weighted by Crippen LogP contribution is -2.77. The van der Waals surface area contributed by atoms with E-state index >= 15 is 0 Å². The largest absolute Gasteiger partial charge is 0.519 e. The average molecular weight is 427 g/mol. The second-order valence-corrected chi connectivity index (χ2v) is 10.2. The van der Waals surface area contributed by atoms with E-state index in [9.17, 15) is 0 Å². The zero-order valence-corrected chi connectivity index (χ0v) is 19.9. The van der Waals surface area contributed by atoms with Crippen molar-refractivity contribution in [1.82, 2.24) is 15.0 Å². The lowest BCUT2D eigenvalue weighted by Gasteiger charge is -2.58. The number of hydrogen-bond acceptors (Lipinski definition) is 5. The fourth-order valence-corrected chi connectivity index (χ4v) is 6.82. The Balaban J connectivity index is 1.93. The minimum Gasteiger partial charge on any atom is -0.323 e. The van der Waals surface area contributed by atoms with Gasteiger partial charge in [0.05, 0.1) is 23.4 Å². The van der Waals surface area contributed by atoms with Crippen LogP contribution in [0.1, 0.15) is 54.4 Å². The summed E-state index contributed by atoms with van der Waals surface area (Å²) in [5.74, 6) is 2.00. The molecule has 0 bridgehead atoms. The third-order valence-corrected chi connectivity index (χ3v) is 8.19. The van der Waals surface area contributed by atoms with Gasteiger partial charge in [-0.3, -0.25) is 14.8 Å². The van der Waals surface area contributed by atoms with Gasteiger partial charge in [-0.25, -0.2) is 9.55 Å². The van der Waals surface area contributed by atoms with Crippen LogP contribution in [0.25, 0.3) is 0 Å². The summed E-state index contributed by atoms with van der Waals surface area (Å²) in [4.78, 5) is 18.7. The van der Waals surface area contributed by atoms with E-state index in [4.69, 9.17) is 4.98 Å². The third-order valence-electron chi connectivity index (χ3n) is 8.19. The molecule has 4 heterocycles. The fourth-order valence-electron chi connectivity index (χ4n) is 6.82. The summed E-state index contributed by atoms with van der Waals surface area (Å²) >= 11 is 0. The number of benzene rings is 1. The number of hydrogen-bond donors (Lipinski definition) is 0. The van der Waals surface area contributed by atoms with Gasteiger partial charge in [0, 0.05) is 12.4 Å². The topological polar surface area (TPSA) is 49.0 Å². The van der Waals surface area contributed by atoms with Gasteiger partial charge in [-0.2, -0.15) is 0 Å². The summed E-state index contributed by atoms with van der Waals surface area (Å²) in [6.07, 6.45) is 13.5. The van der Waals surface area contributed by atoms with E-state index < -0.39 is 0 Å². The van der Waals surface area contributed by atoms with Gasteiger partial charge in [0.15, 0.2) is 0 Å². The first kappa shape index (κ1) is 20.9. The van der Waals surface area contributed by atoms with Crippen LogP contribution < -0.4 is 14.2 Å². The van der Waals surface area contributed by atoms with Crippen molar-refractivity contribution in [3.8, 4) is 0 Å². The summed E-state index contributed by atoms with van der Waals surface area (Å²) in [6, 6.07) is 8.65. The van der Waals surface area contributed by atoms with Crippen molar-refractivity contribution >= 4 is 30.0 Å². The van der Waals surface area contributed by atoms with Crippen LogP contribution in [0.2, 0.25) is 5.31 Å². The first-order valence-corrected chi connectivity index (χ1v) is 11.6. The van der Waals surface area contributed by atoms with Crippen LogP contribution in [0.4, 0.5) is 23.0 Å². The molecule has 32 heavy (non-hydrogen) atoms. The Morgan fingerprint density at radius 2 is 1.62 bits per heavy atom. The molecule has 2 aromatic heterocycles. The predicted octanol–water partition coefficient (Wildman–Crippen LogP) is 5.27. The van der Waals surface area contributed by atoms with Gasteiger partial charge in [-0.15, -0.1) is 0 Å². The Kier molecular flexibility index (Phi) is 4.59. The summed E-state index contributed by atoms with van der Waals surface area (Å²) < 4.78 is 2.47. The number of anilines is 4. The molecule has 0 saturated heterocycles. The van der Waals surface area contributed by atoms with Crippen LogP contribution in [0.15, 0.2) is 61.4 Å². The Labute approximate surface area is 191 Å². The molecule has 1 aromatic carbocycles. The molecule has 164 valence electrons. The van der Waals surface area contributed by atoms with Crippen LogP contribution in [-0.4, -0.2) is 21.9 Å². The number of nitrogens with zero attached hydrogens (tertiary/aromatic N) is 6. The highest BCUT2D eigenvalue weighted by Gasteiger charge is 2.76. The minimum atomic E-state index is -0.137. The van der Waals surface area contributed by atoms with E-state index in [0.29, 0.717) is 0 Å². The van der Waals surface area contributed by atoms with E-state index in [1.807, 2.05) is 18.6 Å². The highest BCUT2D eigenvalue weighted by atomic mass is 15.4. The zero-order chi connectivity index (χ0) is 22.7. The van der Waals surface area contributed by atoms with Gasteiger partial charge in [0.25, 0.3) is 5.82 Å². The first-order valence-electron chi connectivity index (χ1n) is 11.6. The summed E-state index contributed by atoms with van der Waals surface area (Å²) in [5.41, 5.74) is 2.20. The van der Waals surface area contributed by atoms with Gasteiger partial charge in [0.1, 0.15) is 29.4 Å². The van der Waals surface area contributed by atoms with Gasteiger partial charge >= 0.3 is 6.98 Å². The summed E-state index contributed by atoms with van der Waals surface area (Å²) in [6.45, 7) is 14.3. The molecule has 6 nitrogen and oxygen atoms in total. The van der Waals surface area contributed by atoms with Crippen molar-refractivity contribution in [3.05, 3.63) is 61.4 Å². The molecule has 5 rings (SSSR count). The second kappa shape index (κ2) is 7.02. The molecule has 3 aromatic rings. The standard InChI is InChI=1S/C25H32BN6/c1-7-24(6)25(8-2,23(3,4)5)26-31(21-17-27-13-14-29-21)19-11-9-10-12-20(19)32(26)22-18-28-15-16-30(22)24/h9-18H,7-8H2,1-6H3/q+1. The van der Waals surface area contributed by atoms with Crippen molar-refractivity contribution in [3.63, 3.8) is 0 Å². The van der Waals surface area contributed by atoms with Crippen LogP contribution in [0.3, 0.4) is 0 Å². The molecular formula is C25H32BN6+. The monoisotopic (exact) mass is 427 g/mol. The summed E-state index contributed by atoms with van der Waals surface area (Å²) in [7, 11) is 0. The molecule has 0 aliphatic carbocycles. The number of fused-ring (bicyclic) bond motifs is 5. The minimum absolute atomic E-state index is 0.00805. The van der Waals surface area contributed by atoms with Crippen molar-refractivity contribution < 1.29 is 4.57 Å². The second-order valence-electron chi connectivity index (χ2n) is 10.2. The Hall–Kier alpha value is -2.96. The molecule has 2 aliphatic rings. The smallest absolute Gasteiger partial charge is 0.323 e. The quantitative estimate of drug-likeness (QED) is 0.421. The van der Waals surface area contributed by atoms with Crippen molar-refractivity contribution in [1.29, 1.82) is 0 Å². The van der Waals surface area contributed by atoms with E-state index in [1.54, 1.807) is 12.4 Å². The van der Waals surface area contributed by atoms with Crippen LogP contribution in [0, 0.1) is 5.41 Å². The molecule has 2 unspecified atom stereocenters. The Morgan fingerprint density at radius 1 is 0.938 bits per heavy atom. The lowest BCUT2D eigenvalue weighted by atomic mass is 9.31. The third kappa shape index (κ3) is 2.42. The van der Waals surface area contributed by atoms with E-state index in [1.165, 1.54) is 5.69 Å². The molecule has 0 radical (unpaired) electrons. The molecule has 2 atom stereocenters. The number of rotatable bonds is 3. The molecule has 7 heteroatoms. The van der Waals surface area contributed by atoms with Crippen LogP contribution >= 0.6 is 0 Å². The van der Waals surface area contributed by atoms with Crippen LogP contribution in [-0.2, 0) is 5.54 Å². The van der Waals surface area contributed by atoms with Gasteiger partial charge < -0.3 is 4.81 Å². The highest BCUT2D eigenvalue weighted by Crippen LogP contribution is 2.67.